The summed E-state index contributed by atoms with van der Waals surface area (Å²) in [5.41, 5.74) is 0.394. The molecule has 0 radical (unpaired) electrons. The molecule has 1 aromatic carbocycles. The topological polar surface area (TPSA) is 46.6 Å². The molecule has 1 aliphatic heterocycles. The fraction of sp³-hybridized carbons (Fsp3) is 0.529. The summed E-state index contributed by atoms with van der Waals surface area (Å²) >= 11 is 6.00. The highest BCUT2D eigenvalue weighted by molar-refractivity contribution is 6.30. The van der Waals surface area contributed by atoms with Gasteiger partial charge in [-0.25, -0.2) is 4.79 Å². The van der Waals surface area contributed by atoms with Crippen LogP contribution in [0.15, 0.2) is 24.3 Å². The van der Waals surface area contributed by atoms with Crippen molar-refractivity contribution in [2.75, 3.05) is 13.1 Å². The number of benzene rings is 1. The fourth-order valence-corrected chi connectivity index (χ4v) is 2.95. The lowest BCUT2D eigenvalue weighted by Gasteiger charge is -2.25. The molecule has 1 heterocycles. The number of rotatable bonds is 3. The van der Waals surface area contributed by atoms with Crippen molar-refractivity contribution < 1.29 is 14.3 Å². The maximum absolute atomic E-state index is 12.1. The zero-order valence-corrected chi connectivity index (χ0v) is 14.0. The van der Waals surface area contributed by atoms with Crippen LogP contribution in [0.2, 0.25) is 5.02 Å². The van der Waals surface area contributed by atoms with Crippen LogP contribution in [0.4, 0.5) is 4.79 Å². The van der Waals surface area contributed by atoms with Gasteiger partial charge in [-0.15, -0.1) is 0 Å². The summed E-state index contributed by atoms with van der Waals surface area (Å²) in [5.74, 6) is -0.144. The first-order valence-electron chi connectivity index (χ1n) is 7.49. The van der Waals surface area contributed by atoms with Crippen LogP contribution >= 0.6 is 11.6 Å². The number of ether oxygens (including phenoxy) is 1. The fourth-order valence-electron chi connectivity index (χ4n) is 2.75. The normalized spacial score (nSPS) is 19.8. The number of aldehydes is 1. The van der Waals surface area contributed by atoms with Gasteiger partial charge in [0.2, 0.25) is 0 Å². The molecule has 5 heteroatoms. The molecular formula is C17H22ClNO3. The van der Waals surface area contributed by atoms with Gasteiger partial charge < -0.3 is 14.4 Å². The minimum absolute atomic E-state index is 0.100. The van der Waals surface area contributed by atoms with E-state index in [1.54, 1.807) is 11.0 Å². The second-order valence-corrected chi connectivity index (χ2v) is 7.13. The zero-order valence-electron chi connectivity index (χ0n) is 13.2. The van der Waals surface area contributed by atoms with E-state index in [0.717, 1.165) is 18.3 Å². The van der Waals surface area contributed by atoms with Crippen molar-refractivity contribution in [2.24, 2.45) is 5.92 Å². The third kappa shape index (κ3) is 4.23. The molecule has 4 nitrogen and oxygen atoms in total. The Hall–Kier alpha value is -1.55. The number of likely N-dealkylation sites (tertiary alicyclic amines) is 1. The van der Waals surface area contributed by atoms with Crippen molar-refractivity contribution in [3.63, 3.8) is 0 Å². The second kappa shape index (κ2) is 6.69. The van der Waals surface area contributed by atoms with Crippen molar-refractivity contribution in [1.82, 2.24) is 4.90 Å². The maximum atomic E-state index is 12.1. The molecule has 0 saturated carbocycles. The summed E-state index contributed by atoms with van der Waals surface area (Å²) < 4.78 is 5.39. The standard InChI is InChI=1S/C17H22ClNO3/c1-17(2,3)22-16(21)19-8-7-13(10-19)15(11-20)12-5-4-6-14(18)9-12/h4-6,9,11,13,15H,7-8,10H2,1-3H3. The van der Waals surface area contributed by atoms with Crippen LogP contribution in [0, 0.1) is 5.92 Å². The number of hydrogen-bond acceptors (Lipinski definition) is 3. The number of nitrogens with zero attached hydrogens (tertiary/aromatic N) is 1. The first-order valence-corrected chi connectivity index (χ1v) is 7.86. The summed E-state index contributed by atoms with van der Waals surface area (Å²) in [6.45, 7) is 6.69. The van der Waals surface area contributed by atoms with E-state index in [2.05, 4.69) is 0 Å². The van der Waals surface area contributed by atoms with Crippen LogP contribution in [-0.2, 0) is 9.53 Å². The number of hydrogen-bond donors (Lipinski definition) is 0. The van der Waals surface area contributed by atoms with Gasteiger partial charge in [0.25, 0.3) is 0 Å². The monoisotopic (exact) mass is 323 g/mol. The van der Waals surface area contributed by atoms with Gasteiger partial charge in [0.05, 0.1) is 0 Å². The molecule has 2 rings (SSSR count). The molecule has 0 aromatic heterocycles. The quantitative estimate of drug-likeness (QED) is 0.793. The largest absolute Gasteiger partial charge is 0.444 e. The smallest absolute Gasteiger partial charge is 0.410 e. The van der Waals surface area contributed by atoms with Crippen LogP contribution in [0.1, 0.15) is 38.7 Å². The lowest BCUT2D eigenvalue weighted by atomic mass is 9.86. The second-order valence-electron chi connectivity index (χ2n) is 6.69. The van der Waals surface area contributed by atoms with Gasteiger partial charge in [0, 0.05) is 24.0 Å². The Balaban J connectivity index is 2.05. The van der Waals surface area contributed by atoms with Gasteiger partial charge in [-0.05, 0) is 50.8 Å². The van der Waals surface area contributed by atoms with E-state index in [9.17, 15) is 9.59 Å². The van der Waals surface area contributed by atoms with E-state index in [-0.39, 0.29) is 17.9 Å². The molecule has 22 heavy (non-hydrogen) atoms. The molecule has 0 N–H and O–H groups in total. The Kier molecular flexibility index (Phi) is 5.12. The number of carbonyl (C=O) groups excluding carboxylic acids is 2. The molecule has 120 valence electrons. The molecule has 0 spiro atoms. The van der Waals surface area contributed by atoms with E-state index in [4.69, 9.17) is 16.3 Å². The highest BCUT2D eigenvalue weighted by Gasteiger charge is 2.34. The summed E-state index contributed by atoms with van der Waals surface area (Å²) in [4.78, 5) is 25.3. The van der Waals surface area contributed by atoms with Crippen molar-refractivity contribution in [3.05, 3.63) is 34.9 Å². The molecule has 1 fully saturated rings. The Morgan fingerprint density at radius 2 is 2.18 bits per heavy atom. The SMILES string of the molecule is CC(C)(C)OC(=O)N1CCC(C(C=O)c2cccc(Cl)c2)C1. The Labute approximate surface area is 136 Å². The van der Waals surface area contributed by atoms with Crippen molar-refractivity contribution in [2.45, 2.75) is 38.7 Å². The molecular weight excluding hydrogens is 302 g/mol. The van der Waals surface area contributed by atoms with Crippen LogP contribution in [-0.4, -0.2) is 36.0 Å². The predicted octanol–water partition coefficient (Wildman–Crippen LogP) is 3.88. The lowest BCUT2D eigenvalue weighted by Crippen LogP contribution is -2.35. The molecule has 1 aliphatic rings. The average molecular weight is 324 g/mol. The van der Waals surface area contributed by atoms with Crippen LogP contribution in [0.25, 0.3) is 0 Å². The summed E-state index contributed by atoms with van der Waals surface area (Å²) in [6.07, 6.45) is 1.43. The third-order valence-corrected chi connectivity index (χ3v) is 4.00. The van der Waals surface area contributed by atoms with Gasteiger partial charge in [-0.2, -0.15) is 0 Å². The van der Waals surface area contributed by atoms with Gasteiger partial charge in [0.15, 0.2) is 0 Å². The van der Waals surface area contributed by atoms with E-state index >= 15 is 0 Å². The van der Waals surface area contributed by atoms with Crippen LogP contribution in [0.3, 0.4) is 0 Å². The van der Waals surface area contributed by atoms with E-state index in [1.807, 2.05) is 39.0 Å². The van der Waals surface area contributed by atoms with E-state index in [0.29, 0.717) is 18.1 Å². The molecule has 2 atom stereocenters. The number of carbonyl (C=O) groups is 2. The Morgan fingerprint density at radius 3 is 2.77 bits per heavy atom. The molecule has 0 bridgehead atoms. The molecule has 1 amide bonds. The molecule has 2 unspecified atom stereocenters. The zero-order chi connectivity index (χ0) is 16.3. The Morgan fingerprint density at radius 1 is 1.45 bits per heavy atom. The van der Waals surface area contributed by atoms with Crippen molar-refractivity contribution in [1.29, 1.82) is 0 Å². The van der Waals surface area contributed by atoms with Crippen LogP contribution in [0.5, 0.6) is 0 Å². The van der Waals surface area contributed by atoms with Gasteiger partial charge in [0.1, 0.15) is 11.9 Å². The van der Waals surface area contributed by atoms with E-state index in [1.165, 1.54) is 0 Å². The Bertz CT molecular complexity index is 553. The summed E-state index contributed by atoms with van der Waals surface area (Å²) in [6, 6.07) is 7.35. The third-order valence-electron chi connectivity index (χ3n) is 3.76. The number of halogens is 1. The van der Waals surface area contributed by atoms with Crippen molar-refractivity contribution in [3.8, 4) is 0 Å². The first-order chi connectivity index (χ1) is 10.3. The number of amides is 1. The van der Waals surface area contributed by atoms with Crippen molar-refractivity contribution >= 4 is 24.0 Å². The minimum atomic E-state index is -0.508. The predicted molar refractivity (Wildman–Crippen MR) is 86.2 cm³/mol. The minimum Gasteiger partial charge on any atom is -0.444 e. The summed E-state index contributed by atoms with van der Waals surface area (Å²) in [7, 11) is 0. The first kappa shape index (κ1) is 16.8. The lowest BCUT2D eigenvalue weighted by molar-refractivity contribution is -0.110. The highest BCUT2D eigenvalue weighted by atomic mass is 35.5. The van der Waals surface area contributed by atoms with Gasteiger partial charge in [-0.1, -0.05) is 23.7 Å². The maximum Gasteiger partial charge on any atom is 0.410 e. The summed E-state index contributed by atoms with van der Waals surface area (Å²) in [5, 5.41) is 0.617. The average Bonchev–Trinajstić information content (AvgIpc) is 2.87. The van der Waals surface area contributed by atoms with Gasteiger partial charge in [-0.3, -0.25) is 0 Å². The van der Waals surface area contributed by atoms with E-state index < -0.39 is 5.60 Å². The molecule has 1 saturated heterocycles. The van der Waals surface area contributed by atoms with Gasteiger partial charge >= 0.3 is 6.09 Å². The van der Waals surface area contributed by atoms with Crippen LogP contribution < -0.4 is 0 Å². The molecule has 0 aliphatic carbocycles. The molecule has 1 aromatic rings. The highest BCUT2D eigenvalue weighted by Crippen LogP contribution is 2.32.